The second-order valence-corrected chi connectivity index (χ2v) is 4.77. The molecular weight excluding hydrogens is 206 g/mol. The Morgan fingerprint density at radius 3 is 2.25 bits per heavy atom. The van der Waals surface area contributed by atoms with Gasteiger partial charge in [-0.05, 0) is 12.8 Å². The lowest BCUT2D eigenvalue weighted by Gasteiger charge is -2.44. The van der Waals surface area contributed by atoms with Crippen molar-refractivity contribution < 1.29 is 9.59 Å². The normalized spacial score (nSPS) is 23.8. The van der Waals surface area contributed by atoms with E-state index in [1.807, 2.05) is 4.90 Å². The van der Waals surface area contributed by atoms with Crippen molar-refractivity contribution in [2.75, 3.05) is 32.7 Å². The van der Waals surface area contributed by atoms with Crippen molar-refractivity contribution in [1.82, 2.24) is 9.80 Å². The molecule has 5 nitrogen and oxygen atoms in total. The lowest BCUT2D eigenvalue weighted by atomic mass is 9.67. The number of carbonyl (C=O) groups excluding carboxylic acids is 2. The summed E-state index contributed by atoms with van der Waals surface area (Å²) in [6, 6.07) is 0. The number of piperazine rings is 1. The monoisotopic (exact) mass is 225 g/mol. The highest BCUT2D eigenvalue weighted by Crippen LogP contribution is 2.41. The minimum Gasteiger partial charge on any atom is -0.342 e. The molecule has 90 valence electrons. The van der Waals surface area contributed by atoms with Gasteiger partial charge >= 0.3 is 0 Å². The fourth-order valence-electron chi connectivity index (χ4n) is 2.47. The minimum atomic E-state index is -0.274. The fraction of sp³-hybridized carbons (Fsp3) is 0.818. The fourth-order valence-corrected chi connectivity index (χ4v) is 2.47. The van der Waals surface area contributed by atoms with Crippen LogP contribution in [0.25, 0.3) is 0 Å². The quantitative estimate of drug-likeness (QED) is 0.653. The Bertz CT molecular complexity index is 275. The van der Waals surface area contributed by atoms with Crippen LogP contribution in [0.2, 0.25) is 0 Å². The summed E-state index contributed by atoms with van der Waals surface area (Å²) < 4.78 is 0. The Kier molecular flexibility index (Phi) is 3.14. The second-order valence-electron chi connectivity index (χ2n) is 4.77. The van der Waals surface area contributed by atoms with Crippen LogP contribution < -0.4 is 5.73 Å². The summed E-state index contributed by atoms with van der Waals surface area (Å²) in [6.07, 6.45) is 3.81. The smallest absolute Gasteiger partial charge is 0.230 e. The highest BCUT2D eigenvalue weighted by Gasteiger charge is 2.45. The Labute approximate surface area is 95.6 Å². The zero-order valence-electron chi connectivity index (χ0n) is 9.52. The van der Waals surface area contributed by atoms with Gasteiger partial charge in [-0.1, -0.05) is 6.42 Å². The highest BCUT2D eigenvalue weighted by molar-refractivity contribution is 5.84. The van der Waals surface area contributed by atoms with Gasteiger partial charge in [0.1, 0.15) is 0 Å². The average molecular weight is 225 g/mol. The molecule has 2 N–H and O–H groups in total. The molecule has 16 heavy (non-hydrogen) atoms. The molecule has 2 aliphatic rings. The molecule has 0 atom stereocenters. The summed E-state index contributed by atoms with van der Waals surface area (Å²) in [4.78, 5) is 26.4. The highest BCUT2D eigenvalue weighted by atomic mass is 16.2. The van der Waals surface area contributed by atoms with Crippen LogP contribution >= 0.6 is 0 Å². The van der Waals surface area contributed by atoms with Crippen molar-refractivity contribution in [3.05, 3.63) is 0 Å². The first-order valence-electron chi connectivity index (χ1n) is 5.91. The third kappa shape index (κ3) is 1.80. The number of amides is 2. The number of carbonyl (C=O) groups is 2. The van der Waals surface area contributed by atoms with E-state index in [2.05, 4.69) is 0 Å². The van der Waals surface area contributed by atoms with Gasteiger partial charge < -0.3 is 15.5 Å². The van der Waals surface area contributed by atoms with E-state index < -0.39 is 0 Å². The summed E-state index contributed by atoms with van der Waals surface area (Å²) in [7, 11) is 0. The summed E-state index contributed by atoms with van der Waals surface area (Å²) in [6.45, 7) is 3.06. The number of nitrogens with zero attached hydrogens (tertiary/aromatic N) is 2. The van der Waals surface area contributed by atoms with Gasteiger partial charge in [0.05, 0.1) is 5.41 Å². The van der Waals surface area contributed by atoms with Crippen LogP contribution in [0, 0.1) is 5.41 Å². The number of rotatable bonds is 3. The van der Waals surface area contributed by atoms with Crippen molar-refractivity contribution in [3.8, 4) is 0 Å². The number of hydrogen-bond donors (Lipinski definition) is 1. The predicted molar refractivity (Wildman–Crippen MR) is 59.6 cm³/mol. The molecule has 0 unspecified atom stereocenters. The Hall–Kier alpha value is -1.10. The molecule has 1 saturated carbocycles. The number of hydrogen-bond acceptors (Lipinski definition) is 3. The van der Waals surface area contributed by atoms with E-state index >= 15 is 0 Å². The first-order chi connectivity index (χ1) is 7.72. The molecule has 0 aromatic rings. The van der Waals surface area contributed by atoms with Crippen LogP contribution in [0.3, 0.4) is 0 Å². The van der Waals surface area contributed by atoms with Crippen molar-refractivity contribution >= 4 is 12.3 Å². The minimum absolute atomic E-state index is 0.201. The molecule has 0 spiro atoms. The zero-order chi connectivity index (χ0) is 11.6. The third-order valence-corrected chi connectivity index (χ3v) is 3.91. The SMILES string of the molecule is NCC1(C(=O)N2CCN(C=O)CC2)CCC1. The lowest BCUT2D eigenvalue weighted by molar-refractivity contribution is -0.149. The molecule has 0 radical (unpaired) electrons. The second kappa shape index (κ2) is 4.41. The average Bonchev–Trinajstić information content (AvgIpc) is 2.28. The standard InChI is InChI=1S/C11H19N3O2/c12-8-11(2-1-3-11)10(16)14-6-4-13(9-15)5-7-14/h9H,1-8,12H2. The van der Waals surface area contributed by atoms with Gasteiger partial charge in [0.2, 0.25) is 12.3 Å². The maximum atomic E-state index is 12.3. The molecule has 2 fully saturated rings. The van der Waals surface area contributed by atoms with Crippen LogP contribution in [-0.4, -0.2) is 54.8 Å². The van der Waals surface area contributed by atoms with Crippen molar-refractivity contribution in [2.45, 2.75) is 19.3 Å². The van der Waals surface area contributed by atoms with E-state index in [9.17, 15) is 9.59 Å². The Morgan fingerprint density at radius 2 is 1.88 bits per heavy atom. The van der Waals surface area contributed by atoms with Crippen molar-refractivity contribution in [1.29, 1.82) is 0 Å². The molecule has 1 aliphatic carbocycles. The van der Waals surface area contributed by atoms with Crippen LogP contribution in [0.1, 0.15) is 19.3 Å². The van der Waals surface area contributed by atoms with E-state index in [-0.39, 0.29) is 11.3 Å². The maximum Gasteiger partial charge on any atom is 0.230 e. The Morgan fingerprint density at radius 1 is 1.25 bits per heavy atom. The molecule has 1 heterocycles. The number of nitrogens with two attached hydrogens (primary N) is 1. The first kappa shape index (κ1) is 11.4. The zero-order valence-corrected chi connectivity index (χ0v) is 9.52. The molecule has 0 aromatic carbocycles. The van der Waals surface area contributed by atoms with Crippen LogP contribution in [0.4, 0.5) is 0 Å². The Balaban J connectivity index is 1.93. The van der Waals surface area contributed by atoms with Crippen LogP contribution in [0.5, 0.6) is 0 Å². The molecule has 1 saturated heterocycles. The first-order valence-corrected chi connectivity index (χ1v) is 5.91. The molecule has 0 bridgehead atoms. The predicted octanol–water partition coefficient (Wildman–Crippen LogP) is -0.584. The topological polar surface area (TPSA) is 66.6 Å². The van der Waals surface area contributed by atoms with E-state index in [1.165, 1.54) is 0 Å². The molecular formula is C11H19N3O2. The van der Waals surface area contributed by atoms with E-state index in [4.69, 9.17) is 5.73 Å². The van der Waals surface area contributed by atoms with Crippen LogP contribution in [-0.2, 0) is 9.59 Å². The molecule has 5 heteroatoms. The molecule has 2 amide bonds. The van der Waals surface area contributed by atoms with E-state index in [1.54, 1.807) is 4.90 Å². The van der Waals surface area contributed by atoms with Crippen molar-refractivity contribution in [3.63, 3.8) is 0 Å². The molecule has 2 rings (SSSR count). The summed E-state index contributed by atoms with van der Waals surface area (Å²) in [5.41, 5.74) is 5.44. The van der Waals surface area contributed by atoms with Crippen molar-refractivity contribution in [2.24, 2.45) is 11.1 Å². The maximum absolute atomic E-state index is 12.3. The summed E-state index contributed by atoms with van der Waals surface area (Å²) in [5, 5.41) is 0. The van der Waals surface area contributed by atoms with Gasteiger partial charge in [0, 0.05) is 32.7 Å². The van der Waals surface area contributed by atoms with Gasteiger partial charge in [-0.2, -0.15) is 0 Å². The largest absolute Gasteiger partial charge is 0.342 e. The van der Waals surface area contributed by atoms with Gasteiger partial charge in [0.25, 0.3) is 0 Å². The van der Waals surface area contributed by atoms with Gasteiger partial charge in [0.15, 0.2) is 0 Å². The van der Waals surface area contributed by atoms with E-state index in [0.717, 1.165) is 25.7 Å². The molecule has 1 aliphatic heterocycles. The van der Waals surface area contributed by atoms with Gasteiger partial charge in [-0.3, -0.25) is 9.59 Å². The van der Waals surface area contributed by atoms with Gasteiger partial charge in [-0.15, -0.1) is 0 Å². The molecule has 0 aromatic heterocycles. The van der Waals surface area contributed by atoms with Crippen LogP contribution in [0.15, 0.2) is 0 Å². The third-order valence-electron chi connectivity index (χ3n) is 3.91. The lowest BCUT2D eigenvalue weighted by Crippen LogP contribution is -2.56. The van der Waals surface area contributed by atoms with E-state index in [0.29, 0.717) is 32.7 Å². The summed E-state index contributed by atoms with van der Waals surface area (Å²) >= 11 is 0. The summed E-state index contributed by atoms with van der Waals surface area (Å²) in [5.74, 6) is 0.201. The van der Waals surface area contributed by atoms with Gasteiger partial charge in [-0.25, -0.2) is 0 Å².